The number of benzene rings is 1. The Hall–Kier alpha value is -1.55. The lowest BCUT2D eigenvalue weighted by Gasteiger charge is -2.28. The number of anilines is 1. The third-order valence-corrected chi connectivity index (χ3v) is 3.83. The molecule has 0 radical (unpaired) electrons. The second-order valence-electron chi connectivity index (χ2n) is 5.53. The highest BCUT2D eigenvalue weighted by atomic mass is 16.2. The molecule has 104 valence electrons. The molecule has 2 rings (SSSR count). The van der Waals surface area contributed by atoms with Crippen molar-refractivity contribution in [1.29, 1.82) is 0 Å². The molecule has 4 heteroatoms. The third-order valence-electron chi connectivity index (χ3n) is 3.83. The number of aryl methyl sites for hydroxylation is 1. The fourth-order valence-corrected chi connectivity index (χ4v) is 2.61. The summed E-state index contributed by atoms with van der Waals surface area (Å²) in [7, 11) is 2.11. The Labute approximate surface area is 115 Å². The van der Waals surface area contributed by atoms with Crippen LogP contribution in [0.2, 0.25) is 0 Å². The van der Waals surface area contributed by atoms with E-state index in [-0.39, 0.29) is 11.9 Å². The average Bonchev–Trinajstić information content (AvgIpc) is 2.52. The van der Waals surface area contributed by atoms with Crippen LogP contribution in [0.4, 0.5) is 5.69 Å². The quantitative estimate of drug-likeness (QED) is 0.783. The van der Waals surface area contributed by atoms with Gasteiger partial charge in [0.25, 0.3) is 5.91 Å². The van der Waals surface area contributed by atoms with E-state index in [1.165, 1.54) is 0 Å². The van der Waals surface area contributed by atoms with Gasteiger partial charge >= 0.3 is 0 Å². The summed E-state index contributed by atoms with van der Waals surface area (Å²) in [4.78, 5) is 16.8. The van der Waals surface area contributed by atoms with Crippen molar-refractivity contribution >= 4 is 11.6 Å². The topological polar surface area (TPSA) is 49.6 Å². The van der Waals surface area contributed by atoms with E-state index in [4.69, 9.17) is 5.73 Å². The molecule has 1 aliphatic rings. The molecule has 1 fully saturated rings. The van der Waals surface area contributed by atoms with E-state index in [0.717, 1.165) is 31.6 Å². The van der Waals surface area contributed by atoms with Crippen molar-refractivity contribution in [3.8, 4) is 0 Å². The van der Waals surface area contributed by atoms with Crippen LogP contribution >= 0.6 is 0 Å². The van der Waals surface area contributed by atoms with Gasteiger partial charge in [-0.2, -0.15) is 0 Å². The molecule has 1 heterocycles. The van der Waals surface area contributed by atoms with Gasteiger partial charge in [0.2, 0.25) is 0 Å². The second-order valence-corrected chi connectivity index (χ2v) is 5.53. The standard InChI is InChI=1S/C15H23N3O/c1-11-5-6-13(9-14(11)16)15(19)18-8-4-7-17(3)10-12(18)2/h5-6,9,12H,4,7-8,10,16H2,1-3H3. The van der Waals surface area contributed by atoms with E-state index in [9.17, 15) is 4.79 Å². The lowest BCUT2D eigenvalue weighted by Crippen LogP contribution is -2.42. The van der Waals surface area contributed by atoms with Gasteiger partial charge in [-0.1, -0.05) is 6.07 Å². The summed E-state index contributed by atoms with van der Waals surface area (Å²) in [6.45, 7) is 6.85. The SMILES string of the molecule is Cc1ccc(C(=O)N2CCCN(C)CC2C)cc1N. The maximum Gasteiger partial charge on any atom is 0.254 e. The van der Waals surface area contributed by atoms with Gasteiger partial charge in [0.15, 0.2) is 0 Å². The summed E-state index contributed by atoms with van der Waals surface area (Å²) in [5.74, 6) is 0.0921. The van der Waals surface area contributed by atoms with E-state index in [1.807, 2.05) is 24.0 Å². The van der Waals surface area contributed by atoms with Gasteiger partial charge in [0.1, 0.15) is 0 Å². The zero-order valence-electron chi connectivity index (χ0n) is 12.0. The Kier molecular flexibility index (Phi) is 4.10. The summed E-state index contributed by atoms with van der Waals surface area (Å²) in [6.07, 6.45) is 1.02. The fourth-order valence-electron chi connectivity index (χ4n) is 2.61. The van der Waals surface area contributed by atoms with Crippen LogP contribution in [0.5, 0.6) is 0 Å². The molecule has 0 spiro atoms. The molecule has 19 heavy (non-hydrogen) atoms. The van der Waals surface area contributed by atoms with Crippen molar-refractivity contribution < 1.29 is 4.79 Å². The van der Waals surface area contributed by atoms with Gasteiger partial charge in [-0.3, -0.25) is 4.79 Å². The number of hydrogen-bond acceptors (Lipinski definition) is 3. The van der Waals surface area contributed by atoms with Crippen LogP contribution in [0.3, 0.4) is 0 Å². The largest absolute Gasteiger partial charge is 0.398 e. The smallest absolute Gasteiger partial charge is 0.254 e. The van der Waals surface area contributed by atoms with E-state index < -0.39 is 0 Å². The monoisotopic (exact) mass is 261 g/mol. The van der Waals surface area contributed by atoms with Gasteiger partial charge in [-0.15, -0.1) is 0 Å². The molecule has 1 aliphatic heterocycles. The molecule has 1 unspecified atom stereocenters. The van der Waals surface area contributed by atoms with Crippen molar-refractivity contribution in [2.45, 2.75) is 26.3 Å². The molecule has 0 aliphatic carbocycles. The first kappa shape index (κ1) is 13.9. The Morgan fingerprint density at radius 2 is 2.11 bits per heavy atom. The van der Waals surface area contributed by atoms with Crippen LogP contribution in [-0.2, 0) is 0 Å². The first-order valence-corrected chi connectivity index (χ1v) is 6.84. The van der Waals surface area contributed by atoms with Gasteiger partial charge in [0.05, 0.1) is 0 Å². The number of nitrogens with two attached hydrogens (primary N) is 1. The lowest BCUT2D eigenvalue weighted by molar-refractivity contribution is 0.0696. The molecule has 0 saturated carbocycles. The second kappa shape index (κ2) is 5.61. The van der Waals surface area contributed by atoms with Crippen molar-refractivity contribution in [3.63, 3.8) is 0 Å². The van der Waals surface area contributed by atoms with Crippen molar-refractivity contribution in [3.05, 3.63) is 29.3 Å². The van der Waals surface area contributed by atoms with E-state index in [1.54, 1.807) is 6.07 Å². The molecular weight excluding hydrogens is 238 g/mol. The number of nitrogen functional groups attached to an aromatic ring is 1. The summed E-state index contributed by atoms with van der Waals surface area (Å²) >= 11 is 0. The minimum atomic E-state index is 0.0921. The number of rotatable bonds is 1. The van der Waals surface area contributed by atoms with E-state index in [2.05, 4.69) is 18.9 Å². The number of nitrogens with zero attached hydrogens (tertiary/aromatic N) is 2. The highest BCUT2D eigenvalue weighted by molar-refractivity contribution is 5.95. The third kappa shape index (κ3) is 3.07. The number of hydrogen-bond donors (Lipinski definition) is 1. The van der Waals surface area contributed by atoms with Gasteiger partial charge in [-0.05, 0) is 51.6 Å². The Morgan fingerprint density at radius 1 is 1.37 bits per heavy atom. The number of carbonyl (C=O) groups is 1. The first-order valence-electron chi connectivity index (χ1n) is 6.84. The predicted molar refractivity (Wildman–Crippen MR) is 78.2 cm³/mol. The average molecular weight is 261 g/mol. The lowest BCUT2D eigenvalue weighted by atomic mass is 10.1. The maximum atomic E-state index is 12.6. The van der Waals surface area contributed by atoms with Crippen LogP contribution in [0, 0.1) is 6.92 Å². The molecule has 0 aromatic heterocycles. The predicted octanol–water partition coefficient (Wildman–Crippen LogP) is 1.74. The minimum absolute atomic E-state index is 0.0921. The fraction of sp³-hybridized carbons (Fsp3) is 0.533. The highest BCUT2D eigenvalue weighted by Gasteiger charge is 2.24. The van der Waals surface area contributed by atoms with E-state index in [0.29, 0.717) is 11.3 Å². The summed E-state index contributed by atoms with van der Waals surface area (Å²) in [5.41, 5.74) is 8.29. The van der Waals surface area contributed by atoms with Gasteiger partial charge in [-0.25, -0.2) is 0 Å². The zero-order valence-corrected chi connectivity index (χ0v) is 12.0. The molecule has 0 bridgehead atoms. The Morgan fingerprint density at radius 3 is 2.79 bits per heavy atom. The molecule has 2 N–H and O–H groups in total. The molecule has 1 amide bonds. The van der Waals surface area contributed by atoms with Crippen LogP contribution in [0.1, 0.15) is 29.3 Å². The van der Waals surface area contributed by atoms with Crippen LogP contribution in [0.25, 0.3) is 0 Å². The summed E-state index contributed by atoms with van der Waals surface area (Å²) in [5, 5.41) is 0. The molecule has 1 aromatic rings. The summed E-state index contributed by atoms with van der Waals surface area (Å²) < 4.78 is 0. The van der Waals surface area contributed by atoms with Crippen LogP contribution in [0.15, 0.2) is 18.2 Å². The summed E-state index contributed by atoms with van der Waals surface area (Å²) in [6, 6.07) is 5.81. The molecule has 4 nitrogen and oxygen atoms in total. The maximum absolute atomic E-state index is 12.6. The Balaban J connectivity index is 2.20. The highest BCUT2D eigenvalue weighted by Crippen LogP contribution is 2.17. The van der Waals surface area contributed by atoms with Gasteiger partial charge in [0, 0.05) is 30.4 Å². The van der Waals surface area contributed by atoms with Crippen molar-refractivity contribution in [2.24, 2.45) is 0 Å². The molecule has 1 saturated heterocycles. The van der Waals surface area contributed by atoms with Crippen molar-refractivity contribution in [1.82, 2.24) is 9.80 Å². The normalized spacial score (nSPS) is 21.2. The zero-order chi connectivity index (χ0) is 14.0. The van der Waals surface area contributed by atoms with E-state index >= 15 is 0 Å². The minimum Gasteiger partial charge on any atom is -0.398 e. The Bertz CT molecular complexity index is 472. The van der Waals surface area contributed by atoms with Crippen molar-refractivity contribution in [2.75, 3.05) is 32.4 Å². The number of likely N-dealkylation sites (N-methyl/N-ethyl adjacent to an activating group) is 1. The molecule has 1 atom stereocenters. The van der Waals surface area contributed by atoms with Gasteiger partial charge < -0.3 is 15.5 Å². The molecule has 1 aromatic carbocycles. The van der Waals surface area contributed by atoms with Crippen LogP contribution < -0.4 is 5.73 Å². The first-order chi connectivity index (χ1) is 8.99. The number of carbonyl (C=O) groups excluding carboxylic acids is 1. The van der Waals surface area contributed by atoms with Crippen LogP contribution in [-0.4, -0.2) is 48.4 Å². The number of amides is 1. The molecular formula is C15H23N3O.